The second kappa shape index (κ2) is 13.0. The molecule has 0 saturated carbocycles. The van der Waals surface area contributed by atoms with Crippen molar-refractivity contribution >= 4 is 11.9 Å². The molecule has 0 heterocycles. The molecule has 0 bridgehead atoms. The maximum atomic E-state index is 11.9. The molecule has 0 fully saturated rings. The monoisotopic (exact) mass is 407 g/mol. The van der Waals surface area contributed by atoms with Gasteiger partial charge in [0.1, 0.15) is 12.8 Å². The van der Waals surface area contributed by atoms with Gasteiger partial charge >= 0.3 is 11.9 Å². The minimum Gasteiger partial charge on any atom is -0.466 e. The molecule has 0 aliphatic heterocycles. The fraction of sp³-hybridized carbons (Fsp3) is 0.889. The van der Waals surface area contributed by atoms with E-state index in [1.54, 1.807) is 0 Å². The van der Waals surface area contributed by atoms with Gasteiger partial charge in [0.05, 0.1) is 31.1 Å². The van der Waals surface area contributed by atoms with Crippen molar-refractivity contribution in [3.63, 3.8) is 0 Å². The van der Waals surface area contributed by atoms with E-state index in [4.69, 9.17) is 35.6 Å². The quantitative estimate of drug-likeness (QED) is 0.202. The Bertz CT molecular complexity index is 470. The number of carbonyl (C=O) groups excluding carboxylic acids is 2. The van der Waals surface area contributed by atoms with Crippen LogP contribution in [0.4, 0.5) is 0 Å². The number of ether oxygens (including phenoxy) is 4. The van der Waals surface area contributed by atoms with Gasteiger partial charge in [0, 0.05) is 26.3 Å². The van der Waals surface area contributed by atoms with Gasteiger partial charge in [-0.2, -0.15) is 5.06 Å². The number of hydrogen-bond acceptors (Lipinski definition) is 10. The fourth-order valence-corrected chi connectivity index (χ4v) is 2.02. The van der Waals surface area contributed by atoms with E-state index in [1.807, 2.05) is 27.7 Å². The first-order valence-corrected chi connectivity index (χ1v) is 9.34. The van der Waals surface area contributed by atoms with Gasteiger partial charge in [0.25, 0.3) is 0 Å². The number of esters is 2. The van der Waals surface area contributed by atoms with Crippen LogP contribution in [0.25, 0.3) is 0 Å². The van der Waals surface area contributed by atoms with Gasteiger partial charge in [-0.25, -0.2) is 0 Å². The summed E-state index contributed by atoms with van der Waals surface area (Å²) in [5, 5.41) is 9.99. The van der Waals surface area contributed by atoms with Gasteiger partial charge in [-0.05, 0) is 34.1 Å². The molecule has 28 heavy (non-hydrogen) atoms. The van der Waals surface area contributed by atoms with Crippen molar-refractivity contribution in [3.8, 4) is 0 Å². The van der Waals surface area contributed by atoms with Gasteiger partial charge in [-0.1, -0.05) is 0 Å². The first-order valence-electron chi connectivity index (χ1n) is 9.34. The Morgan fingerprint density at radius 3 is 2.11 bits per heavy atom. The lowest BCUT2D eigenvalue weighted by Gasteiger charge is -2.26. The number of rotatable bonds is 15. The van der Waals surface area contributed by atoms with Crippen LogP contribution in [0.15, 0.2) is 0 Å². The van der Waals surface area contributed by atoms with Crippen LogP contribution in [0.1, 0.15) is 53.4 Å². The van der Waals surface area contributed by atoms with Crippen LogP contribution in [0.2, 0.25) is 0 Å². The second-order valence-electron chi connectivity index (χ2n) is 7.79. The van der Waals surface area contributed by atoms with Crippen LogP contribution in [-0.4, -0.2) is 73.2 Å². The first kappa shape index (κ1) is 26.7. The number of nitrogens with zero attached hydrogens (tertiary/aromatic N) is 1. The van der Waals surface area contributed by atoms with E-state index in [0.29, 0.717) is 12.8 Å². The van der Waals surface area contributed by atoms with E-state index in [9.17, 15) is 9.59 Å². The summed E-state index contributed by atoms with van der Waals surface area (Å²) in [6, 6.07) is -0.905. The van der Waals surface area contributed by atoms with Crippen molar-refractivity contribution in [1.82, 2.24) is 5.06 Å². The van der Waals surface area contributed by atoms with Crippen LogP contribution >= 0.6 is 0 Å². The summed E-state index contributed by atoms with van der Waals surface area (Å²) in [5.41, 5.74) is 10.0. The van der Waals surface area contributed by atoms with Crippen molar-refractivity contribution < 1.29 is 33.7 Å². The molecule has 0 aromatic carbocycles. The smallest absolute Gasteiger partial charge is 0.322 e. The van der Waals surface area contributed by atoms with Gasteiger partial charge in [-0.15, -0.1) is 0 Å². The van der Waals surface area contributed by atoms with Crippen LogP contribution < -0.4 is 11.5 Å². The fourth-order valence-electron chi connectivity index (χ4n) is 2.02. The minimum atomic E-state index is -0.905. The Labute approximate surface area is 167 Å². The summed E-state index contributed by atoms with van der Waals surface area (Å²) in [6.07, 6.45) is 1.09. The van der Waals surface area contributed by atoms with Crippen LogP contribution in [0, 0.1) is 0 Å². The SMILES string of the molecule is CN(O)COC(C)(C)CCOC(=O)C(N)CCC(=O)OCCC(C)(C)OCN. The topological polar surface area (TPSA) is 147 Å². The van der Waals surface area contributed by atoms with Crippen molar-refractivity contribution in [1.29, 1.82) is 0 Å². The van der Waals surface area contributed by atoms with Crippen LogP contribution in [-0.2, 0) is 28.5 Å². The van der Waals surface area contributed by atoms with E-state index in [-0.39, 0.29) is 39.5 Å². The molecule has 10 nitrogen and oxygen atoms in total. The van der Waals surface area contributed by atoms with Crippen molar-refractivity contribution in [2.45, 2.75) is 70.6 Å². The maximum Gasteiger partial charge on any atom is 0.322 e. The summed E-state index contributed by atoms with van der Waals surface area (Å²) in [7, 11) is 1.47. The zero-order valence-electron chi connectivity index (χ0n) is 17.7. The third-order valence-corrected chi connectivity index (χ3v) is 3.99. The Morgan fingerprint density at radius 2 is 1.57 bits per heavy atom. The Balaban J connectivity index is 4.01. The summed E-state index contributed by atoms with van der Waals surface area (Å²) >= 11 is 0. The van der Waals surface area contributed by atoms with Gasteiger partial charge in [-0.3, -0.25) is 9.59 Å². The molecule has 10 heteroatoms. The highest BCUT2D eigenvalue weighted by Gasteiger charge is 2.22. The zero-order chi connectivity index (χ0) is 21.8. The molecule has 0 aromatic heterocycles. The number of hydroxylamine groups is 2. The van der Waals surface area contributed by atoms with E-state index in [1.165, 1.54) is 7.05 Å². The molecule has 0 amide bonds. The van der Waals surface area contributed by atoms with E-state index >= 15 is 0 Å². The second-order valence-corrected chi connectivity index (χ2v) is 7.79. The molecule has 5 N–H and O–H groups in total. The molecule has 0 saturated heterocycles. The molecule has 1 atom stereocenters. The molecule has 0 radical (unpaired) electrons. The lowest BCUT2D eigenvalue weighted by atomic mass is 10.1. The highest BCUT2D eigenvalue weighted by atomic mass is 16.6. The molecule has 0 aliphatic carbocycles. The minimum absolute atomic E-state index is 0.0197. The summed E-state index contributed by atoms with van der Waals surface area (Å²) < 4.78 is 21.0. The average Bonchev–Trinajstić information content (AvgIpc) is 2.57. The first-order chi connectivity index (χ1) is 12.9. The molecule has 0 spiro atoms. The lowest BCUT2D eigenvalue weighted by molar-refractivity contribution is -0.182. The standard InChI is InChI=1S/C18H37N3O7/c1-17(2,27-12-19)8-10-25-15(22)7-6-14(20)16(23)26-11-9-18(3,4)28-13-21(5)24/h14,24H,6-13,19-20H2,1-5H3. The largest absolute Gasteiger partial charge is 0.466 e. The number of nitrogens with two attached hydrogens (primary N) is 2. The van der Waals surface area contributed by atoms with Crippen molar-refractivity contribution in [3.05, 3.63) is 0 Å². The van der Waals surface area contributed by atoms with E-state index in [0.717, 1.165) is 5.06 Å². The summed E-state index contributed by atoms with van der Waals surface area (Å²) in [6.45, 7) is 7.80. The van der Waals surface area contributed by atoms with Crippen molar-refractivity contribution in [2.24, 2.45) is 11.5 Å². The highest BCUT2D eigenvalue weighted by Crippen LogP contribution is 2.15. The Hall–Kier alpha value is -1.30. The third-order valence-electron chi connectivity index (χ3n) is 3.99. The number of hydrogen-bond donors (Lipinski definition) is 3. The predicted molar refractivity (Wildman–Crippen MR) is 102 cm³/mol. The van der Waals surface area contributed by atoms with Crippen LogP contribution in [0.3, 0.4) is 0 Å². The van der Waals surface area contributed by atoms with E-state index in [2.05, 4.69) is 0 Å². The normalized spacial score (nSPS) is 13.5. The highest BCUT2D eigenvalue weighted by molar-refractivity contribution is 5.77. The molecule has 0 rings (SSSR count). The third kappa shape index (κ3) is 13.8. The molecular formula is C18H37N3O7. The Kier molecular flexibility index (Phi) is 12.4. The van der Waals surface area contributed by atoms with Gasteiger partial charge < -0.3 is 35.6 Å². The predicted octanol–water partition coefficient (Wildman–Crippen LogP) is 0.746. The number of carbonyl (C=O) groups is 2. The van der Waals surface area contributed by atoms with Gasteiger partial charge in [0.2, 0.25) is 0 Å². The summed E-state index contributed by atoms with van der Waals surface area (Å²) in [4.78, 5) is 23.7. The summed E-state index contributed by atoms with van der Waals surface area (Å²) in [5.74, 6) is -1.02. The van der Waals surface area contributed by atoms with Crippen LogP contribution in [0.5, 0.6) is 0 Å². The molecule has 1 unspecified atom stereocenters. The molecular weight excluding hydrogens is 370 g/mol. The lowest BCUT2D eigenvalue weighted by Crippen LogP contribution is -2.35. The van der Waals surface area contributed by atoms with Crippen molar-refractivity contribution in [2.75, 3.05) is 33.7 Å². The maximum absolute atomic E-state index is 11.9. The van der Waals surface area contributed by atoms with E-state index < -0.39 is 29.2 Å². The molecule has 0 aliphatic rings. The molecule has 0 aromatic rings. The zero-order valence-corrected chi connectivity index (χ0v) is 17.7. The van der Waals surface area contributed by atoms with Gasteiger partial charge in [0.15, 0.2) is 0 Å². The average molecular weight is 408 g/mol. The molecule has 166 valence electrons. The Morgan fingerprint density at radius 1 is 1.04 bits per heavy atom.